The molecular formula is C15H19IN2O. The maximum atomic E-state index is 12.5. The van der Waals surface area contributed by atoms with Crippen molar-refractivity contribution in [1.82, 2.24) is 10.2 Å². The Balaban J connectivity index is 1.72. The summed E-state index contributed by atoms with van der Waals surface area (Å²) < 4.78 is 1.12. The highest BCUT2D eigenvalue weighted by Crippen LogP contribution is 2.38. The molecule has 3 rings (SSSR count). The quantitative estimate of drug-likeness (QED) is 0.771. The van der Waals surface area contributed by atoms with Crippen LogP contribution < -0.4 is 5.32 Å². The molecule has 1 N–H and O–H groups in total. The van der Waals surface area contributed by atoms with Gasteiger partial charge in [-0.1, -0.05) is 6.07 Å². The van der Waals surface area contributed by atoms with E-state index in [0.29, 0.717) is 5.41 Å². The average Bonchev–Trinajstić information content (AvgIpc) is 2.82. The lowest BCUT2D eigenvalue weighted by Crippen LogP contribution is -2.39. The van der Waals surface area contributed by atoms with Crippen LogP contribution in [0.3, 0.4) is 0 Å². The molecule has 0 atom stereocenters. The fourth-order valence-electron chi connectivity index (χ4n) is 3.28. The van der Waals surface area contributed by atoms with Gasteiger partial charge in [0.2, 0.25) is 0 Å². The van der Waals surface area contributed by atoms with Crippen LogP contribution in [0, 0.1) is 8.99 Å². The van der Waals surface area contributed by atoms with Crippen LogP contribution in [0.5, 0.6) is 0 Å². The molecule has 1 aromatic rings. The normalized spacial score (nSPS) is 21.8. The lowest BCUT2D eigenvalue weighted by Gasteiger charge is -2.33. The number of piperidine rings is 1. The summed E-state index contributed by atoms with van der Waals surface area (Å²) in [6, 6.07) is 7.90. The molecule has 3 nitrogen and oxygen atoms in total. The molecule has 2 saturated heterocycles. The van der Waals surface area contributed by atoms with E-state index in [4.69, 9.17) is 0 Å². The molecule has 102 valence electrons. The first-order valence-corrected chi connectivity index (χ1v) is 8.02. The van der Waals surface area contributed by atoms with E-state index in [9.17, 15) is 4.79 Å². The van der Waals surface area contributed by atoms with Gasteiger partial charge < -0.3 is 10.2 Å². The van der Waals surface area contributed by atoms with E-state index in [1.807, 2.05) is 24.3 Å². The molecule has 0 unspecified atom stereocenters. The zero-order chi connectivity index (χ0) is 13.3. The van der Waals surface area contributed by atoms with E-state index in [1.54, 1.807) is 0 Å². The summed E-state index contributed by atoms with van der Waals surface area (Å²) in [5.41, 5.74) is 1.22. The third-order valence-electron chi connectivity index (χ3n) is 4.46. The minimum atomic E-state index is 0.203. The predicted octanol–water partition coefficient (Wildman–Crippen LogP) is 2.51. The van der Waals surface area contributed by atoms with Crippen LogP contribution in [0.15, 0.2) is 24.3 Å². The van der Waals surface area contributed by atoms with Gasteiger partial charge in [-0.3, -0.25) is 4.79 Å². The first-order valence-electron chi connectivity index (χ1n) is 6.94. The van der Waals surface area contributed by atoms with Crippen LogP contribution >= 0.6 is 22.6 Å². The van der Waals surface area contributed by atoms with Crippen molar-refractivity contribution in [2.45, 2.75) is 19.3 Å². The average molecular weight is 370 g/mol. The molecule has 0 bridgehead atoms. The van der Waals surface area contributed by atoms with E-state index >= 15 is 0 Å². The van der Waals surface area contributed by atoms with Crippen molar-refractivity contribution in [1.29, 1.82) is 0 Å². The van der Waals surface area contributed by atoms with Gasteiger partial charge in [-0.2, -0.15) is 0 Å². The molecule has 0 saturated carbocycles. The zero-order valence-electron chi connectivity index (χ0n) is 11.0. The van der Waals surface area contributed by atoms with E-state index in [-0.39, 0.29) is 5.91 Å². The topological polar surface area (TPSA) is 32.3 Å². The lowest BCUT2D eigenvalue weighted by atomic mass is 9.78. The summed E-state index contributed by atoms with van der Waals surface area (Å²) in [5.74, 6) is 0.203. The highest BCUT2D eigenvalue weighted by molar-refractivity contribution is 14.1. The van der Waals surface area contributed by atoms with Crippen LogP contribution in [0.4, 0.5) is 0 Å². The van der Waals surface area contributed by atoms with Gasteiger partial charge in [0.1, 0.15) is 0 Å². The molecule has 19 heavy (non-hydrogen) atoms. The van der Waals surface area contributed by atoms with Crippen molar-refractivity contribution in [3.8, 4) is 0 Å². The Morgan fingerprint density at radius 3 is 2.79 bits per heavy atom. The van der Waals surface area contributed by atoms with Gasteiger partial charge in [0, 0.05) is 22.2 Å². The summed E-state index contributed by atoms with van der Waals surface area (Å²) >= 11 is 2.26. The number of nitrogens with zero attached hydrogens (tertiary/aromatic N) is 1. The second kappa shape index (κ2) is 5.40. The van der Waals surface area contributed by atoms with E-state index in [1.165, 1.54) is 19.3 Å². The summed E-state index contributed by atoms with van der Waals surface area (Å²) in [6.07, 6.45) is 3.59. The minimum absolute atomic E-state index is 0.203. The highest BCUT2D eigenvalue weighted by atomic mass is 127. The molecular weight excluding hydrogens is 351 g/mol. The predicted molar refractivity (Wildman–Crippen MR) is 84.2 cm³/mol. The number of likely N-dealkylation sites (tertiary alicyclic amines) is 1. The van der Waals surface area contributed by atoms with Crippen molar-refractivity contribution in [3.05, 3.63) is 33.4 Å². The third kappa shape index (κ3) is 2.79. The van der Waals surface area contributed by atoms with Gasteiger partial charge in [-0.15, -0.1) is 0 Å². The van der Waals surface area contributed by atoms with Crippen molar-refractivity contribution >= 4 is 28.5 Å². The van der Waals surface area contributed by atoms with Crippen molar-refractivity contribution in [3.63, 3.8) is 0 Å². The number of carbonyl (C=O) groups excluding carboxylic acids is 1. The number of amides is 1. The number of hydrogen-bond acceptors (Lipinski definition) is 2. The van der Waals surface area contributed by atoms with Crippen LogP contribution in [-0.2, 0) is 0 Å². The van der Waals surface area contributed by atoms with E-state index < -0.39 is 0 Å². The highest BCUT2D eigenvalue weighted by Gasteiger charge is 2.40. The lowest BCUT2D eigenvalue weighted by molar-refractivity contribution is 0.0762. The molecule has 2 aliphatic rings. The van der Waals surface area contributed by atoms with E-state index in [0.717, 1.165) is 35.3 Å². The van der Waals surface area contributed by atoms with Gasteiger partial charge >= 0.3 is 0 Å². The van der Waals surface area contributed by atoms with Crippen molar-refractivity contribution in [2.75, 3.05) is 26.2 Å². The molecule has 4 heteroatoms. The molecule has 2 heterocycles. The molecule has 0 aliphatic carbocycles. The smallest absolute Gasteiger partial charge is 0.253 e. The Labute approximate surface area is 127 Å². The van der Waals surface area contributed by atoms with Gasteiger partial charge in [0.05, 0.1) is 0 Å². The Morgan fingerprint density at radius 2 is 2.05 bits per heavy atom. The van der Waals surface area contributed by atoms with Crippen molar-refractivity contribution in [2.24, 2.45) is 5.41 Å². The van der Waals surface area contributed by atoms with Crippen molar-refractivity contribution < 1.29 is 4.79 Å². The second-order valence-electron chi connectivity index (χ2n) is 5.74. The molecule has 1 amide bonds. The molecule has 2 aliphatic heterocycles. The largest absolute Gasteiger partial charge is 0.338 e. The molecule has 0 aromatic heterocycles. The molecule has 2 fully saturated rings. The van der Waals surface area contributed by atoms with Crippen LogP contribution in [-0.4, -0.2) is 37.0 Å². The summed E-state index contributed by atoms with van der Waals surface area (Å²) in [6.45, 7) is 4.07. The summed E-state index contributed by atoms with van der Waals surface area (Å²) in [7, 11) is 0. The van der Waals surface area contributed by atoms with Gasteiger partial charge in [-0.05, 0) is 78.6 Å². The van der Waals surface area contributed by atoms with Gasteiger partial charge in [-0.25, -0.2) is 0 Å². The van der Waals surface area contributed by atoms with Crippen LogP contribution in [0.2, 0.25) is 0 Å². The number of benzene rings is 1. The number of nitrogens with one attached hydrogen (secondary N) is 1. The molecule has 0 radical (unpaired) electrons. The fraction of sp³-hybridized carbons (Fsp3) is 0.533. The number of hydrogen-bond donors (Lipinski definition) is 1. The SMILES string of the molecule is O=C(c1cccc(I)c1)N1CCC2(CCNCC2)C1. The first kappa shape index (κ1) is 13.4. The standard InChI is InChI=1S/C15H19IN2O/c16-13-3-1-2-12(10-13)14(19)18-9-6-15(11-18)4-7-17-8-5-15/h1-3,10,17H,4-9,11H2. The Kier molecular flexibility index (Phi) is 3.80. The van der Waals surface area contributed by atoms with Gasteiger partial charge in [0.25, 0.3) is 5.91 Å². The summed E-state index contributed by atoms with van der Waals surface area (Å²) in [5, 5.41) is 3.41. The monoisotopic (exact) mass is 370 g/mol. The molecule has 1 aromatic carbocycles. The Bertz CT molecular complexity index is 483. The molecule has 1 spiro atoms. The number of halogens is 1. The zero-order valence-corrected chi connectivity index (χ0v) is 13.2. The minimum Gasteiger partial charge on any atom is -0.338 e. The Hall–Kier alpha value is -0.620. The third-order valence-corrected chi connectivity index (χ3v) is 5.13. The number of rotatable bonds is 1. The first-order chi connectivity index (χ1) is 9.19. The maximum Gasteiger partial charge on any atom is 0.253 e. The second-order valence-corrected chi connectivity index (χ2v) is 6.98. The van der Waals surface area contributed by atoms with Crippen LogP contribution in [0.25, 0.3) is 0 Å². The number of carbonyl (C=O) groups is 1. The summed E-state index contributed by atoms with van der Waals surface area (Å²) in [4.78, 5) is 14.6. The maximum absolute atomic E-state index is 12.5. The van der Waals surface area contributed by atoms with Crippen LogP contribution in [0.1, 0.15) is 29.6 Å². The fourth-order valence-corrected chi connectivity index (χ4v) is 3.82. The van der Waals surface area contributed by atoms with Gasteiger partial charge in [0.15, 0.2) is 0 Å². The Morgan fingerprint density at radius 1 is 1.26 bits per heavy atom. The van der Waals surface area contributed by atoms with E-state index in [2.05, 4.69) is 32.8 Å².